The summed E-state index contributed by atoms with van der Waals surface area (Å²) >= 11 is 4.22. The van der Waals surface area contributed by atoms with Gasteiger partial charge in [0, 0.05) is 18.1 Å². The van der Waals surface area contributed by atoms with Gasteiger partial charge in [-0.2, -0.15) is 12.6 Å². The molecule has 0 aromatic carbocycles. The first kappa shape index (κ1) is 7.88. The molecule has 3 nitrogen and oxygen atoms in total. The summed E-state index contributed by atoms with van der Waals surface area (Å²) in [4.78, 5) is 9.95. The summed E-state index contributed by atoms with van der Waals surface area (Å²) in [5.74, 6) is 0. The van der Waals surface area contributed by atoms with E-state index in [1.807, 2.05) is 0 Å². The van der Waals surface area contributed by atoms with Gasteiger partial charge in [-0.3, -0.25) is 10.5 Å². The lowest BCUT2D eigenvalue weighted by Crippen LogP contribution is -2.39. The fourth-order valence-electron chi connectivity index (χ4n) is 1.22. The number of thiol groups is 1. The van der Waals surface area contributed by atoms with Crippen LogP contribution in [0.3, 0.4) is 0 Å². The molecule has 0 saturated heterocycles. The largest absolute Gasteiger partial charge is 0.446 e. The van der Waals surface area contributed by atoms with E-state index in [1.54, 1.807) is 0 Å². The van der Waals surface area contributed by atoms with E-state index in [1.165, 1.54) is 0 Å². The summed E-state index contributed by atoms with van der Waals surface area (Å²) in [6, 6.07) is 0. The third-order valence-corrected chi connectivity index (χ3v) is 2.21. The highest BCUT2D eigenvalue weighted by Crippen LogP contribution is 2.31. The van der Waals surface area contributed by atoms with Crippen LogP contribution in [0.1, 0.15) is 19.3 Å². The van der Waals surface area contributed by atoms with E-state index >= 15 is 0 Å². The molecule has 1 fully saturated rings. The Morgan fingerprint density at radius 3 is 2.90 bits per heavy atom. The minimum absolute atomic E-state index is 0.282. The summed E-state index contributed by atoms with van der Waals surface area (Å²) in [5, 5.41) is 0.282. The van der Waals surface area contributed by atoms with Crippen LogP contribution < -0.4 is 5.73 Å². The van der Waals surface area contributed by atoms with Gasteiger partial charge in [0.2, 0.25) is 0 Å². The van der Waals surface area contributed by atoms with Crippen molar-refractivity contribution < 1.29 is 9.53 Å². The van der Waals surface area contributed by atoms with Crippen LogP contribution in [0.5, 0.6) is 0 Å². The van der Waals surface area contributed by atoms with Crippen LogP contribution >= 0.6 is 12.6 Å². The number of hydrogen-bond acceptors (Lipinski definition) is 4. The highest BCUT2D eigenvalue weighted by atomic mass is 32.1. The molecule has 0 aromatic rings. The molecule has 1 rings (SSSR count). The third-order valence-electron chi connectivity index (χ3n) is 1.76. The van der Waals surface area contributed by atoms with Crippen LogP contribution in [0.4, 0.5) is 0 Å². The van der Waals surface area contributed by atoms with Crippen LogP contribution in [0, 0.1) is 0 Å². The fraction of sp³-hybridized carbons (Fsp3) is 0.833. The Labute approximate surface area is 65.3 Å². The Morgan fingerprint density at radius 1 is 1.80 bits per heavy atom. The highest BCUT2D eigenvalue weighted by Gasteiger charge is 2.35. The molecule has 0 radical (unpaired) electrons. The third kappa shape index (κ3) is 1.64. The zero-order valence-corrected chi connectivity index (χ0v) is 6.51. The van der Waals surface area contributed by atoms with E-state index in [2.05, 4.69) is 12.6 Å². The Kier molecular flexibility index (Phi) is 2.21. The first-order valence-electron chi connectivity index (χ1n) is 3.25. The van der Waals surface area contributed by atoms with Gasteiger partial charge in [0.1, 0.15) is 0 Å². The molecular formula is C6H11NO2S. The topological polar surface area (TPSA) is 52.3 Å². The molecular weight excluding hydrogens is 150 g/mol. The minimum atomic E-state index is -0.728. The van der Waals surface area contributed by atoms with Gasteiger partial charge in [-0.25, -0.2) is 0 Å². The van der Waals surface area contributed by atoms with Gasteiger partial charge in [0.25, 0.3) is 6.47 Å². The normalized spacial score (nSPS) is 39.6. The first-order chi connectivity index (χ1) is 4.66. The lowest BCUT2D eigenvalue weighted by molar-refractivity contribution is -0.142. The summed E-state index contributed by atoms with van der Waals surface area (Å²) < 4.78 is 4.71. The summed E-state index contributed by atoms with van der Waals surface area (Å²) in [7, 11) is 0. The Morgan fingerprint density at radius 2 is 2.50 bits per heavy atom. The number of ether oxygens (including phenoxy) is 1. The summed E-state index contributed by atoms with van der Waals surface area (Å²) in [6.07, 6.45) is 2.31. The van der Waals surface area contributed by atoms with Crippen LogP contribution in [0.2, 0.25) is 0 Å². The van der Waals surface area contributed by atoms with Crippen LogP contribution in [-0.2, 0) is 9.53 Å². The van der Waals surface area contributed by atoms with Crippen molar-refractivity contribution in [3.05, 3.63) is 0 Å². The quantitative estimate of drug-likeness (QED) is 0.348. The second-order valence-electron chi connectivity index (χ2n) is 2.68. The van der Waals surface area contributed by atoms with Crippen molar-refractivity contribution in [1.29, 1.82) is 0 Å². The van der Waals surface area contributed by atoms with Crippen molar-refractivity contribution in [3.8, 4) is 0 Å². The van der Waals surface area contributed by atoms with Crippen LogP contribution in [-0.4, -0.2) is 17.4 Å². The predicted molar refractivity (Wildman–Crippen MR) is 40.7 cm³/mol. The second kappa shape index (κ2) is 2.80. The summed E-state index contributed by atoms with van der Waals surface area (Å²) in [5.41, 5.74) is 4.93. The van der Waals surface area contributed by atoms with E-state index < -0.39 is 5.72 Å². The molecule has 2 N–H and O–H groups in total. The Balaban J connectivity index is 2.45. The van der Waals surface area contributed by atoms with Gasteiger partial charge in [-0.15, -0.1) is 0 Å². The monoisotopic (exact) mass is 161 g/mol. The van der Waals surface area contributed by atoms with Crippen molar-refractivity contribution in [2.75, 3.05) is 0 Å². The molecule has 1 aliphatic rings. The van der Waals surface area contributed by atoms with Crippen molar-refractivity contribution >= 4 is 19.1 Å². The maximum absolute atomic E-state index is 9.95. The Hall–Kier alpha value is -0.220. The molecule has 0 heterocycles. The number of nitrogens with two attached hydrogens (primary N) is 1. The molecule has 58 valence electrons. The maximum Gasteiger partial charge on any atom is 0.294 e. The number of hydrogen-bond donors (Lipinski definition) is 2. The average Bonchev–Trinajstić information content (AvgIpc) is 2.12. The van der Waals surface area contributed by atoms with E-state index in [0.717, 1.165) is 12.8 Å². The summed E-state index contributed by atoms with van der Waals surface area (Å²) in [6.45, 7) is 0.409. The van der Waals surface area contributed by atoms with Crippen molar-refractivity contribution in [1.82, 2.24) is 0 Å². The van der Waals surface area contributed by atoms with E-state index in [4.69, 9.17) is 10.5 Å². The van der Waals surface area contributed by atoms with Gasteiger partial charge in [-0.05, 0) is 6.42 Å². The zero-order valence-electron chi connectivity index (χ0n) is 5.62. The maximum atomic E-state index is 9.95. The SMILES string of the molecule is NC1(OC=O)CCC(S)C1. The smallest absolute Gasteiger partial charge is 0.294 e. The zero-order chi connectivity index (χ0) is 7.61. The Bertz CT molecular complexity index is 142. The van der Waals surface area contributed by atoms with E-state index in [-0.39, 0.29) is 5.25 Å². The number of carbonyl (C=O) groups excluding carboxylic acids is 1. The van der Waals surface area contributed by atoms with Crippen LogP contribution in [0.15, 0.2) is 0 Å². The molecule has 0 aliphatic heterocycles. The first-order valence-corrected chi connectivity index (χ1v) is 3.76. The van der Waals surface area contributed by atoms with E-state index in [0.29, 0.717) is 12.9 Å². The predicted octanol–water partition coefficient (Wildman–Crippen LogP) is 0.297. The standard InChI is InChI=1S/C6H11NO2S/c7-6(9-4-8)2-1-5(10)3-6/h4-5,10H,1-3,7H2. The lowest BCUT2D eigenvalue weighted by Gasteiger charge is -2.20. The molecule has 10 heavy (non-hydrogen) atoms. The molecule has 2 unspecified atom stereocenters. The van der Waals surface area contributed by atoms with Gasteiger partial charge < -0.3 is 4.74 Å². The fourth-order valence-corrected chi connectivity index (χ4v) is 1.65. The second-order valence-corrected chi connectivity index (χ2v) is 3.41. The molecule has 2 atom stereocenters. The van der Waals surface area contributed by atoms with Gasteiger partial charge >= 0.3 is 0 Å². The van der Waals surface area contributed by atoms with Crippen molar-refractivity contribution in [2.24, 2.45) is 5.73 Å². The lowest BCUT2D eigenvalue weighted by atomic mass is 10.2. The molecule has 0 spiro atoms. The molecule has 0 amide bonds. The van der Waals surface area contributed by atoms with Crippen molar-refractivity contribution in [3.63, 3.8) is 0 Å². The molecule has 4 heteroatoms. The molecule has 1 saturated carbocycles. The molecule has 0 bridgehead atoms. The molecule has 1 aliphatic carbocycles. The van der Waals surface area contributed by atoms with Gasteiger partial charge in [0.15, 0.2) is 5.72 Å². The number of carbonyl (C=O) groups is 1. The molecule has 0 aromatic heterocycles. The minimum Gasteiger partial charge on any atom is -0.446 e. The van der Waals surface area contributed by atoms with E-state index in [9.17, 15) is 4.79 Å². The van der Waals surface area contributed by atoms with Gasteiger partial charge in [0.05, 0.1) is 0 Å². The van der Waals surface area contributed by atoms with Gasteiger partial charge in [-0.1, -0.05) is 0 Å². The van der Waals surface area contributed by atoms with Crippen LogP contribution in [0.25, 0.3) is 0 Å². The highest BCUT2D eigenvalue weighted by molar-refractivity contribution is 7.81. The average molecular weight is 161 g/mol. The number of rotatable bonds is 2. The van der Waals surface area contributed by atoms with Crippen molar-refractivity contribution in [2.45, 2.75) is 30.2 Å².